The highest BCUT2D eigenvalue weighted by Crippen LogP contribution is 1.98. The van der Waals surface area contributed by atoms with Crippen LogP contribution in [-0.2, 0) is 25.5 Å². The van der Waals surface area contributed by atoms with E-state index in [1.807, 2.05) is 0 Å². The van der Waals surface area contributed by atoms with Crippen molar-refractivity contribution in [1.29, 1.82) is 0 Å². The van der Waals surface area contributed by atoms with Gasteiger partial charge in [-0.3, -0.25) is 9.59 Å². The molecule has 1 amide bonds. The van der Waals surface area contributed by atoms with E-state index >= 15 is 0 Å². The molecule has 0 aliphatic carbocycles. The van der Waals surface area contributed by atoms with E-state index in [0.717, 1.165) is 5.69 Å². The molecular formula is C12H19N3O4. The number of rotatable bonds is 8. The standard InChI is InChI=1S/C12H19N3O4/c1-15(2)11(16)8-18-5-6-19-12(17)4-3-10-7-13-9-14-10/h7,9H,3-6,8H2,1-2H3,(H,13,14). The van der Waals surface area contributed by atoms with Crippen LogP contribution in [0.15, 0.2) is 12.5 Å². The zero-order valence-corrected chi connectivity index (χ0v) is 11.2. The molecule has 0 aliphatic rings. The van der Waals surface area contributed by atoms with Crippen molar-refractivity contribution in [3.8, 4) is 0 Å². The van der Waals surface area contributed by atoms with Crippen LogP contribution in [0.4, 0.5) is 0 Å². The first kappa shape index (κ1) is 15.2. The van der Waals surface area contributed by atoms with Crippen LogP contribution >= 0.6 is 0 Å². The number of aromatic nitrogens is 2. The summed E-state index contributed by atoms with van der Waals surface area (Å²) in [6, 6.07) is 0. The van der Waals surface area contributed by atoms with Crippen LogP contribution in [0.2, 0.25) is 0 Å². The maximum Gasteiger partial charge on any atom is 0.306 e. The Bertz CT molecular complexity index is 390. The Morgan fingerprint density at radius 3 is 2.79 bits per heavy atom. The minimum atomic E-state index is -0.294. The Labute approximate surface area is 111 Å². The van der Waals surface area contributed by atoms with Crippen LogP contribution in [-0.4, -0.2) is 60.7 Å². The lowest BCUT2D eigenvalue weighted by atomic mass is 10.2. The second-order valence-electron chi connectivity index (χ2n) is 4.14. The molecule has 0 saturated carbocycles. The number of amides is 1. The molecule has 1 N–H and O–H groups in total. The first-order valence-corrected chi connectivity index (χ1v) is 6.00. The number of imidazole rings is 1. The van der Waals surface area contributed by atoms with Crippen molar-refractivity contribution in [2.24, 2.45) is 0 Å². The zero-order valence-electron chi connectivity index (χ0n) is 11.2. The summed E-state index contributed by atoms with van der Waals surface area (Å²) in [5, 5.41) is 0. The van der Waals surface area contributed by atoms with Gasteiger partial charge in [0.25, 0.3) is 0 Å². The molecule has 0 atom stereocenters. The van der Waals surface area contributed by atoms with Crippen LogP contribution in [0.1, 0.15) is 12.1 Å². The van der Waals surface area contributed by atoms with E-state index in [9.17, 15) is 9.59 Å². The number of H-pyrrole nitrogens is 1. The van der Waals surface area contributed by atoms with E-state index in [1.165, 1.54) is 4.90 Å². The molecule has 0 aromatic carbocycles. The summed E-state index contributed by atoms with van der Waals surface area (Å²) in [4.78, 5) is 30.7. The smallest absolute Gasteiger partial charge is 0.306 e. The lowest BCUT2D eigenvalue weighted by Crippen LogP contribution is -2.27. The van der Waals surface area contributed by atoms with Crippen molar-refractivity contribution in [3.05, 3.63) is 18.2 Å². The topological polar surface area (TPSA) is 84.5 Å². The van der Waals surface area contributed by atoms with Gasteiger partial charge >= 0.3 is 5.97 Å². The number of likely N-dealkylation sites (N-methyl/N-ethyl adjacent to an activating group) is 1. The maximum absolute atomic E-state index is 11.4. The number of aryl methyl sites for hydroxylation is 1. The molecule has 19 heavy (non-hydrogen) atoms. The molecule has 106 valence electrons. The molecule has 7 heteroatoms. The summed E-state index contributed by atoms with van der Waals surface area (Å²) in [5.41, 5.74) is 0.893. The van der Waals surface area contributed by atoms with E-state index < -0.39 is 0 Å². The monoisotopic (exact) mass is 269 g/mol. The fourth-order valence-corrected chi connectivity index (χ4v) is 1.23. The minimum absolute atomic E-state index is 0.00129. The molecule has 0 unspecified atom stereocenters. The predicted octanol–water partition coefficient (Wildman–Crippen LogP) is -0.00970. The number of carbonyl (C=O) groups is 2. The van der Waals surface area contributed by atoms with Crippen molar-refractivity contribution < 1.29 is 19.1 Å². The maximum atomic E-state index is 11.4. The second-order valence-corrected chi connectivity index (χ2v) is 4.14. The largest absolute Gasteiger partial charge is 0.463 e. The lowest BCUT2D eigenvalue weighted by molar-refractivity contribution is -0.145. The molecule has 1 rings (SSSR count). The van der Waals surface area contributed by atoms with Crippen LogP contribution < -0.4 is 0 Å². The van der Waals surface area contributed by atoms with Crippen molar-refractivity contribution in [2.75, 3.05) is 33.9 Å². The number of nitrogens with zero attached hydrogens (tertiary/aromatic N) is 2. The third-order valence-corrected chi connectivity index (χ3v) is 2.37. The Kier molecular flexibility index (Phi) is 6.59. The Morgan fingerprint density at radius 2 is 2.16 bits per heavy atom. The van der Waals surface area contributed by atoms with Gasteiger partial charge in [0, 0.05) is 26.0 Å². The lowest BCUT2D eigenvalue weighted by Gasteiger charge is -2.10. The SMILES string of the molecule is CN(C)C(=O)COCCOC(=O)CCc1cnc[nH]1. The highest BCUT2D eigenvalue weighted by Gasteiger charge is 2.06. The quantitative estimate of drug-likeness (QED) is 0.530. The molecule has 1 aromatic heterocycles. The van der Waals surface area contributed by atoms with Gasteiger partial charge < -0.3 is 19.4 Å². The Hall–Kier alpha value is -1.89. The molecule has 0 saturated heterocycles. The van der Waals surface area contributed by atoms with Crippen LogP contribution in [0.3, 0.4) is 0 Å². The zero-order chi connectivity index (χ0) is 14.1. The van der Waals surface area contributed by atoms with Crippen LogP contribution in [0.5, 0.6) is 0 Å². The number of hydrogen-bond acceptors (Lipinski definition) is 5. The summed E-state index contributed by atoms with van der Waals surface area (Å²) in [6.07, 6.45) is 4.09. The average molecular weight is 269 g/mol. The second kappa shape index (κ2) is 8.25. The summed E-state index contributed by atoms with van der Waals surface area (Å²) < 4.78 is 10.0. The fourth-order valence-electron chi connectivity index (χ4n) is 1.23. The summed E-state index contributed by atoms with van der Waals surface area (Å²) in [6.45, 7) is 0.372. The van der Waals surface area contributed by atoms with Gasteiger partial charge in [-0.05, 0) is 6.42 Å². The van der Waals surface area contributed by atoms with Crippen molar-refractivity contribution in [2.45, 2.75) is 12.8 Å². The first-order chi connectivity index (χ1) is 9.09. The van der Waals surface area contributed by atoms with Gasteiger partial charge in [-0.25, -0.2) is 4.98 Å². The predicted molar refractivity (Wildman–Crippen MR) is 67.4 cm³/mol. The average Bonchev–Trinajstić information content (AvgIpc) is 2.88. The normalized spacial score (nSPS) is 10.2. The number of carbonyl (C=O) groups excluding carboxylic acids is 2. The van der Waals surface area contributed by atoms with E-state index in [2.05, 4.69) is 9.97 Å². The van der Waals surface area contributed by atoms with Crippen molar-refractivity contribution in [1.82, 2.24) is 14.9 Å². The third kappa shape index (κ3) is 6.56. The van der Waals surface area contributed by atoms with E-state index in [0.29, 0.717) is 12.8 Å². The van der Waals surface area contributed by atoms with Gasteiger partial charge in [-0.15, -0.1) is 0 Å². The minimum Gasteiger partial charge on any atom is -0.463 e. The molecule has 0 bridgehead atoms. The van der Waals surface area contributed by atoms with E-state index in [4.69, 9.17) is 9.47 Å². The van der Waals surface area contributed by atoms with Gasteiger partial charge in [0.1, 0.15) is 13.2 Å². The number of esters is 1. The van der Waals surface area contributed by atoms with E-state index in [-0.39, 0.29) is 31.7 Å². The Balaban J connectivity index is 2.00. The highest BCUT2D eigenvalue weighted by molar-refractivity contribution is 5.76. The molecule has 0 aliphatic heterocycles. The third-order valence-electron chi connectivity index (χ3n) is 2.37. The van der Waals surface area contributed by atoms with Crippen molar-refractivity contribution >= 4 is 11.9 Å². The van der Waals surface area contributed by atoms with Gasteiger partial charge in [0.05, 0.1) is 19.4 Å². The van der Waals surface area contributed by atoms with Gasteiger partial charge in [-0.2, -0.15) is 0 Å². The summed E-state index contributed by atoms with van der Waals surface area (Å²) >= 11 is 0. The van der Waals surface area contributed by atoms with Crippen LogP contribution in [0.25, 0.3) is 0 Å². The van der Waals surface area contributed by atoms with Crippen molar-refractivity contribution in [3.63, 3.8) is 0 Å². The van der Waals surface area contributed by atoms with Gasteiger partial charge in [0.2, 0.25) is 5.91 Å². The number of ether oxygens (including phenoxy) is 2. The number of hydrogen-bond donors (Lipinski definition) is 1. The Morgan fingerprint density at radius 1 is 1.37 bits per heavy atom. The molecule has 0 fully saturated rings. The van der Waals surface area contributed by atoms with Gasteiger partial charge in [-0.1, -0.05) is 0 Å². The summed E-state index contributed by atoms with van der Waals surface area (Å²) in [7, 11) is 3.31. The van der Waals surface area contributed by atoms with Gasteiger partial charge in [0.15, 0.2) is 0 Å². The molecule has 0 radical (unpaired) electrons. The number of aromatic amines is 1. The highest BCUT2D eigenvalue weighted by atomic mass is 16.6. The number of nitrogens with one attached hydrogen (secondary N) is 1. The van der Waals surface area contributed by atoms with E-state index in [1.54, 1.807) is 26.6 Å². The molecule has 1 aromatic rings. The fraction of sp³-hybridized carbons (Fsp3) is 0.583. The summed E-state index contributed by atoms with van der Waals surface area (Å²) in [5.74, 6) is -0.414. The molecule has 0 spiro atoms. The molecule has 1 heterocycles. The molecule has 7 nitrogen and oxygen atoms in total. The molecular weight excluding hydrogens is 250 g/mol. The van der Waals surface area contributed by atoms with Crippen LogP contribution in [0, 0.1) is 0 Å². The first-order valence-electron chi connectivity index (χ1n) is 6.00.